The monoisotopic (exact) mass is 448 g/mol. The number of aromatic amines is 1. The Morgan fingerprint density at radius 1 is 1.06 bits per heavy atom. The number of benzene rings is 2. The minimum Gasteiger partial charge on any atom is -0.336 e. The molecule has 10 nitrogen and oxygen atoms in total. The predicted octanol–water partition coefficient (Wildman–Crippen LogP) is 1.53. The van der Waals surface area contributed by atoms with Gasteiger partial charge in [-0.25, -0.2) is 0 Å². The first kappa shape index (κ1) is 20.1. The number of aromatic nitrogens is 6. The van der Waals surface area contributed by atoms with Crippen molar-refractivity contribution in [2.24, 2.45) is 7.05 Å². The van der Waals surface area contributed by atoms with Crippen LogP contribution in [0.3, 0.4) is 0 Å². The van der Waals surface area contributed by atoms with Crippen LogP contribution < -0.4 is 10.5 Å². The SMILES string of the molecule is Cn1c(=S)[nH]c2cc(C(=O)N3CCN(c4nnnn4-c4ccccc4)CC3)ccc2c1=O. The van der Waals surface area contributed by atoms with Gasteiger partial charge in [0, 0.05) is 38.8 Å². The van der Waals surface area contributed by atoms with E-state index in [0.717, 1.165) is 5.69 Å². The van der Waals surface area contributed by atoms with Crippen molar-refractivity contribution in [3.63, 3.8) is 0 Å². The van der Waals surface area contributed by atoms with E-state index in [1.54, 1.807) is 34.8 Å². The van der Waals surface area contributed by atoms with E-state index in [1.807, 2.05) is 30.3 Å². The number of H-pyrrole nitrogens is 1. The highest BCUT2D eigenvalue weighted by atomic mass is 32.1. The maximum atomic E-state index is 13.1. The molecule has 5 rings (SSSR count). The Hall–Kier alpha value is -3.86. The van der Waals surface area contributed by atoms with Gasteiger partial charge < -0.3 is 14.8 Å². The van der Waals surface area contributed by atoms with Gasteiger partial charge in [0.25, 0.3) is 11.5 Å². The highest BCUT2D eigenvalue weighted by molar-refractivity contribution is 7.71. The third-order valence-electron chi connectivity index (χ3n) is 5.65. The zero-order valence-electron chi connectivity index (χ0n) is 17.3. The van der Waals surface area contributed by atoms with E-state index < -0.39 is 0 Å². The summed E-state index contributed by atoms with van der Waals surface area (Å²) < 4.78 is 3.39. The van der Waals surface area contributed by atoms with Crippen LogP contribution >= 0.6 is 12.2 Å². The van der Waals surface area contributed by atoms with Crippen molar-refractivity contribution in [1.82, 2.24) is 34.7 Å². The zero-order valence-corrected chi connectivity index (χ0v) is 18.1. The Balaban J connectivity index is 1.34. The Morgan fingerprint density at radius 2 is 1.81 bits per heavy atom. The van der Waals surface area contributed by atoms with Crippen LogP contribution in [0.25, 0.3) is 16.6 Å². The van der Waals surface area contributed by atoms with Crippen molar-refractivity contribution < 1.29 is 4.79 Å². The Morgan fingerprint density at radius 3 is 2.56 bits per heavy atom. The van der Waals surface area contributed by atoms with Crippen molar-refractivity contribution >= 4 is 35.0 Å². The molecule has 1 aliphatic heterocycles. The summed E-state index contributed by atoms with van der Waals surface area (Å²) in [6.07, 6.45) is 0. The van der Waals surface area contributed by atoms with E-state index in [9.17, 15) is 9.59 Å². The first-order chi connectivity index (χ1) is 15.5. The van der Waals surface area contributed by atoms with Gasteiger partial charge in [-0.15, -0.1) is 0 Å². The van der Waals surface area contributed by atoms with Gasteiger partial charge in [-0.3, -0.25) is 14.2 Å². The molecule has 0 radical (unpaired) electrons. The summed E-state index contributed by atoms with van der Waals surface area (Å²) in [6, 6.07) is 14.7. The zero-order chi connectivity index (χ0) is 22.2. The fourth-order valence-corrected chi connectivity index (χ4v) is 4.04. The van der Waals surface area contributed by atoms with E-state index in [0.29, 0.717) is 53.4 Å². The summed E-state index contributed by atoms with van der Waals surface area (Å²) in [5.74, 6) is 0.562. The molecule has 11 heteroatoms. The number of rotatable bonds is 3. The molecule has 1 saturated heterocycles. The predicted molar refractivity (Wildman–Crippen MR) is 122 cm³/mol. The van der Waals surface area contributed by atoms with E-state index >= 15 is 0 Å². The number of carbonyl (C=O) groups excluding carboxylic acids is 1. The van der Waals surface area contributed by atoms with Crippen LogP contribution in [-0.4, -0.2) is 66.7 Å². The van der Waals surface area contributed by atoms with Gasteiger partial charge >= 0.3 is 0 Å². The van der Waals surface area contributed by atoms with E-state index in [2.05, 4.69) is 25.4 Å². The lowest BCUT2D eigenvalue weighted by Crippen LogP contribution is -2.49. The summed E-state index contributed by atoms with van der Waals surface area (Å²) in [5, 5.41) is 12.6. The van der Waals surface area contributed by atoms with Gasteiger partial charge in [-0.05, 0) is 53.0 Å². The van der Waals surface area contributed by atoms with Crippen molar-refractivity contribution in [2.45, 2.75) is 0 Å². The van der Waals surface area contributed by atoms with Gasteiger partial charge in [0.05, 0.1) is 16.6 Å². The number of para-hydroxylation sites is 1. The third-order valence-corrected chi connectivity index (χ3v) is 6.03. The van der Waals surface area contributed by atoms with E-state index in [4.69, 9.17) is 12.2 Å². The minimum atomic E-state index is -0.187. The fraction of sp³-hybridized carbons (Fsp3) is 0.238. The largest absolute Gasteiger partial charge is 0.336 e. The van der Waals surface area contributed by atoms with Gasteiger partial charge in [-0.1, -0.05) is 23.3 Å². The second-order valence-electron chi connectivity index (χ2n) is 7.56. The lowest BCUT2D eigenvalue weighted by molar-refractivity contribution is 0.0746. The molecule has 3 heterocycles. The van der Waals surface area contributed by atoms with Gasteiger partial charge in [-0.2, -0.15) is 4.68 Å². The van der Waals surface area contributed by atoms with Crippen LogP contribution in [0.4, 0.5) is 5.95 Å². The molecule has 0 bridgehead atoms. The number of piperazine rings is 1. The van der Waals surface area contributed by atoms with Crippen molar-refractivity contribution in [3.05, 3.63) is 69.2 Å². The lowest BCUT2D eigenvalue weighted by atomic mass is 10.1. The normalized spacial score (nSPS) is 14.2. The summed E-state index contributed by atoms with van der Waals surface area (Å²) in [4.78, 5) is 32.3. The number of amides is 1. The minimum absolute atomic E-state index is 0.0887. The summed E-state index contributed by atoms with van der Waals surface area (Å²) in [7, 11) is 1.62. The fourth-order valence-electron chi connectivity index (χ4n) is 3.85. The number of hydrogen-bond donors (Lipinski definition) is 1. The smallest absolute Gasteiger partial charge is 0.261 e. The van der Waals surface area contributed by atoms with Crippen LogP contribution in [0.2, 0.25) is 0 Å². The lowest BCUT2D eigenvalue weighted by Gasteiger charge is -2.34. The summed E-state index contributed by atoms with van der Waals surface area (Å²) in [6.45, 7) is 2.28. The first-order valence-electron chi connectivity index (χ1n) is 10.1. The third kappa shape index (κ3) is 3.46. The maximum absolute atomic E-state index is 13.1. The highest BCUT2D eigenvalue weighted by Gasteiger charge is 2.25. The highest BCUT2D eigenvalue weighted by Crippen LogP contribution is 2.19. The molecule has 1 amide bonds. The molecule has 2 aromatic carbocycles. The van der Waals surface area contributed by atoms with Gasteiger partial charge in [0.15, 0.2) is 4.77 Å². The molecule has 0 unspecified atom stereocenters. The Labute approximate surface area is 187 Å². The molecule has 1 fully saturated rings. The maximum Gasteiger partial charge on any atom is 0.261 e. The van der Waals surface area contributed by atoms with Crippen molar-refractivity contribution in [2.75, 3.05) is 31.1 Å². The molecule has 162 valence electrons. The van der Waals surface area contributed by atoms with Crippen LogP contribution in [0.15, 0.2) is 53.3 Å². The van der Waals surface area contributed by atoms with Crippen LogP contribution in [-0.2, 0) is 7.05 Å². The van der Waals surface area contributed by atoms with Crippen molar-refractivity contribution in [1.29, 1.82) is 0 Å². The molecule has 2 aromatic heterocycles. The first-order valence-corrected chi connectivity index (χ1v) is 10.5. The number of tetrazole rings is 1. The number of nitrogens with zero attached hydrogens (tertiary/aromatic N) is 7. The number of fused-ring (bicyclic) bond motifs is 1. The molecule has 1 N–H and O–H groups in total. The van der Waals surface area contributed by atoms with Gasteiger partial charge in [0.1, 0.15) is 0 Å². The molecular weight excluding hydrogens is 428 g/mol. The molecule has 4 aromatic rings. The topological polar surface area (TPSA) is 105 Å². The molecule has 1 aliphatic rings. The number of carbonyl (C=O) groups is 1. The second-order valence-corrected chi connectivity index (χ2v) is 7.95. The molecule has 0 atom stereocenters. The molecular formula is C21H20N8O2S. The average molecular weight is 449 g/mol. The standard InChI is InChI=1S/C21H20N8O2S/c1-26-19(31)16-8-7-14(13-17(16)22-21(26)32)18(30)27-9-11-28(12-10-27)20-23-24-25-29(20)15-5-3-2-4-6-15/h2-8,13H,9-12H2,1H3,(H,22,32). The van der Waals surface area contributed by atoms with E-state index in [-0.39, 0.29) is 11.5 Å². The summed E-state index contributed by atoms with van der Waals surface area (Å²) in [5.41, 5.74) is 1.77. The number of nitrogens with one attached hydrogen (secondary N) is 1. The molecule has 0 aliphatic carbocycles. The molecule has 0 spiro atoms. The number of anilines is 1. The Bertz CT molecular complexity index is 1420. The Kier molecular flexibility index (Phi) is 5.02. The quantitative estimate of drug-likeness (QED) is 0.474. The second kappa shape index (κ2) is 8.00. The molecule has 0 saturated carbocycles. The van der Waals surface area contributed by atoms with Crippen LogP contribution in [0.1, 0.15) is 10.4 Å². The van der Waals surface area contributed by atoms with Crippen molar-refractivity contribution in [3.8, 4) is 5.69 Å². The van der Waals surface area contributed by atoms with Crippen LogP contribution in [0.5, 0.6) is 0 Å². The van der Waals surface area contributed by atoms with Crippen LogP contribution in [0, 0.1) is 4.77 Å². The average Bonchev–Trinajstić information content (AvgIpc) is 3.32. The van der Waals surface area contributed by atoms with E-state index in [1.165, 1.54) is 4.57 Å². The van der Waals surface area contributed by atoms with Gasteiger partial charge in [0.2, 0.25) is 5.95 Å². The summed E-state index contributed by atoms with van der Waals surface area (Å²) >= 11 is 5.19. The number of hydrogen-bond acceptors (Lipinski definition) is 7. The molecule has 32 heavy (non-hydrogen) atoms.